The lowest BCUT2D eigenvalue weighted by atomic mass is 10.2. The van der Waals surface area contributed by atoms with E-state index in [0.29, 0.717) is 12.4 Å². The van der Waals surface area contributed by atoms with E-state index in [1.807, 2.05) is 6.92 Å². The van der Waals surface area contributed by atoms with Gasteiger partial charge in [0.15, 0.2) is 0 Å². The fourth-order valence-electron chi connectivity index (χ4n) is 1.50. The Labute approximate surface area is 105 Å². The molecule has 8 heteroatoms. The second kappa shape index (κ2) is 6.10. The molecule has 0 aliphatic rings. The van der Waals surface area contributed by atoms with Crippen molar-refractivity contribution in [3.63, 3.8) is 0 Å². The minimum Gasteiger partial charge on any atom is -0.396 e. The van der Waals surface area contributed by atoms with Gasteiger partial charge in [-0.3, -0.25) is 10.1 Å². The second-order valence-electron chi connectivity index (χ2n) is 3.89. The number of anilines is 2. The Hall–Kier alpha value is -1.96. The summed E-state index contributed by atoms with van der Waals surface area (Å²) in [5, 5.41) is 25.5. The zero-order valence-electron chi connectivity index (χ0n) is 10.6. The van der Waals surface area contributed by atoms with Crippen molar-refractivity contribution in [1.82, 2.24) is 9.97 Å². The quantitative estimate of drug-likeness (QED) is 0.511. The Kier molecular flexibility index (Phi) is 4.78. The van der Waals surface area contributed by atoms with Crippen molar-refractivity contribution in [2.24, 2.45) is 0 Å². The van der Waals surface area contributed by atoms with Crippen LogP contribution in [0, 0.1) is 17.0 Å². The first-order valence-electron chi connectivity index (χ1n) is 5.57. The van der Waals surface area contributed by atoms with Crippen LogP contribution < -0.4 is 10.6 Å². The SMILES string of the molecule is CNc1nc(C)c([N+](=O)[O-])c(NC(C)CCO)n1. The Morgan fingerprint density at radius 3 is 2.67 bits per heavy atom. The van der Waals surface area contributed by atoms with Gasteiger partial charge in [0, 0.05) is 19.7 Å². The number of hydrogen-bond acceptors (Lipinski definition) is 7. The second-order valence-corrected chi connectivity index (χ2v) is 3.89. The van der Waals surface area contributed by atoms with Crippen LogP contribution in [0.25, 0.3) is 0 Å². The highest BCUT2D eigenvalue weighted by Gasteiger charge is 2.22. The third-order valence-corrected chi connectivity index (χ3v) is 2.41. The summed E-state index contributed by atoms with van der Waals surface area (Å²) in [5.74, 6) is 0.481. The molecule has 1 aromatic rings. The molecule has 8 nitrogen and oxygen atoms in total. The minimum atomic E-state index is -0.511. The molecule has 1 unspecified atom stereocenters. The van der Waals surface area contributed by atoms with Gasteiger partial charge in [0.1, 0.15) is 5.69 Å². The molecule has 3 N–H and O–H groups in total. The van der Waals surface area contributed by atoms with E-state index in [1.165, 1.54) is 0 Å². The summed E-state index contributed by atoms with van der Waals surface area (Å²) in [6.07, 6.45) is 0.481. The summed E-state index contributed by atoms with van der Waals surface area (Å²) in [6, 6.07) is -0.118. The van der Waals surface area contributed by atoms with Crippen LogP contribution >= 0.6 is 0 Å². The lowest BCUT2D eigenvalue weighted by Gasteiger charge is -2.14. The lowest BCUT2D eigenvalue weighted by Crippen LogP contribution is -2.19. The summed E-state index contributed by atoms with van der Waals surface area (Å²) in [5.41, 5.74) is 0.150. The molecular formula is C10H17N5O3. The number of nitro groups is 1. The van der Waals surface area contributed by atoms with Gasteiger partial charge < -0.3 is 15.7 Å². The van der Waals surface area contributed by atoms with Crippen LogP contribution in [0.3, 0.4) is 0 Å². The maximum atomic E-state index is 11.0. The fraction of sp³-hybridized carbons (Fsp3) is 0.600. The van der Waals surface area contributed by atoms with Gasteiger partial charge in [0.2, 0.25) is 11.8 Å². The van der Waals surface area contributed by atoms with Crippen LogP contribution in [0.5, 0.6) is 0 Å². The van der Waals surface area contributed by atoms with Crippen molar-refractivity contribution in [1.29, 1.82) is 0 Å². The predicted octanol–water partition coefficient (Wildman–Crippen LogP) is 0.918. The molecule has 1 atom stereocenters. The third kappa shape index (κ3) is 3.27. The average Bonchev–Trinajstić information content (AvgIpc) is 2.27. The number of aliphatic hydroxyl groups is 1. The van der Waals surface area contributed by atoms with E-state index in [9.17, 15) is 10.1 Å². The third-order valence-electron chi connectivity index (χ3n) is 2.41. The Bertz CT molecular complexity index is 438. The maximum absolute atomic E-state index is 11.0. The van der Waals surface area contributed by atoms with E-state index in [2.05, 4.69) is 20.6 Å². The van der Waals surface area contributed by atoms with Gasteiger partial charge in [-0.05, 0) is 20.3 Å². The van der Waals surface area contributed by atoms with Gasteiger partial charge in [-0.25, -0.2) is 4.98 Å². The number of nitrogens with one attached hydrogen (secondary N) is 2. The van der Waals surface area contributed by atoms with Gasteiger partial charge >= 0.3 is 5.69 Å². The molecule has 18 heavy (non-hydrogen) atoms. The highest BCUT2D eigenvalue weighted by Crippen LogP contribution is 2.27. The van der Waals surface area contributed by atoms with Gasteiger partial charge in [-0.1, -0.05) is 0 Å². The van der Waals surface area contributed by atoms with Crippen LogP contribution in [-0.4, -0.2) is 39.7 Å². The number of aliphatic hydroxyl groups excluding tert-OH is 1. The fourth-order valence-corrected chi connectivity index (χ4v) is 1.50. The van der Waals surface area contributed by atoms with Crippen LogP contribution in [0.2, 0.25) is 0 Å². The van der Waals surface area contributed by atoms with Gasteiger partial charge in [0.05, 0.1) is 4.92 Å². The molecule has 0 saturated heterocycles. The molecular weight excluding hydrogens is 238 g/mol. The van der Waals surface area contributed by atoms with Crippen LogP contribution in [-0.2, 0) is 0 Å². The predicted molar refractivity (Wildman–Crippen MR) is 67.8 cm³/mol. The molecule has 100 valence electrons. The van der Waals surface area contributed by atoms with Crippen LogP contribution in [0.1, 0.15) is 19.0 Å². The maximum Gasteiger partial charge on any atom is 0.332 e. The molecule has 1 rings (SSSR count). The summed E-state index contributed by atoms with van der Waals surface area (Å²) >= 11 is 0. The number of aryl methyl sites for hydroxylation is 1. The van der Waals surface area contributed by atoms with Crippen molar-refractivity contribution in [2.75, 3.05) is 24.3 Å². The zero-order chi connectivity index (χ0) is 13.7. The van der Waals surface area contributed by atoms with Crippen molar-refractivity contribution < 1.29 is 10.0 Å². The lowest BCUT2D eigenvalue weighted by molar-refractivity contribution is -0.385. The topological polar surface area (TPSA) is 113 Å². The molecule has 0 bridgehead atoms. The normalized spacial score (nSPS) is 12.0. The molecule has 0 spiro atoms. The molecule has 0 aliphatic heterocycles. The Morgan fingerprint density at radius 2 is 2.17 bits per heavy atom. The number of hydrogen-bond donors (Lipinski definition) is 3. The molecule has 1 aromatic heterocycles. The summed E-state index contributed by atoms with van der Waals surface area (Å²) in [4.78, 5) is 18.5. The smallest absolute Gasteiger partial charge is 0.332 e. The van der Waals surface area contributed by atoms with Crippen molar-refractivity contribution in [2.45, 2.75) is 26.3 Å². The average molecular weight is 255 g/mol. The molecule has 0 radical (unpaired) electrons. The van der Waals surface area contributed by atoms with E-state index in [1.54, 1.807) is 14.0 Å². The molecule has 0 aromatic carbocycles. The van der Waals surface area contributed by atoms with Crippen molar-refractivity contribution in [3.8, 4) is 0 Å². The van der Waals surface area contributed by atoms with Crippen molar-refractivity contribution in [3.05, 3.63) is 15.8 Å². The standard InChI is InChI=1S/C10H17N5O3/c1-6(4-5-16)12-9-8(15(17)18)7(2)13-10(11-3)14-9/h6,16H,4-5H2,1-3H3,(H2,11,12,13,14). The van der Waals surface area contributed by atoms with E-state index in [-0.39, 0.29) is 29.8 Å². The number of nitrogens with zero attached hydrogens (tertiary/aromatic N) is 3. The van der Waals surface area contributed by atoms with E-state index >= 15 is 0 Å². The van der Waals surface area contributed by atoms with Gasteiger partial charge in [-0.2, -0.15) is 4.98 Å². The molecule has 0 fully saturated rings. The highest BCUT2D eigenvalue weighted by atomic mass is 16.6. The van der Waals surface area contributed by atoms with E-state index < -0.39 is 4.92 Å². The summed E-state index contributed by atoms with van der Waals surface area (Å²) in [7, 11) is 1.64. The van der Waals surface area contributed by atoms with Gasteiger partial charge in [-0.15, -0.1) is 0 Å². The largest absolute Gasteiger partial charge is 0.396 e. The molecule has 0 amide bonds. The Morgan fingerprint density at radius 1 is 1.50 bits per heavy atom. The number of rotatable bonds is 6. The van der Waals surface area contributed by atoms with Gasteiger partial charge in [0.25, 0.3) is 0 Å². The molecule has 1 heterocycles. The first kappa shape index (κ1) is 14.1. The summed E-state index contributed by atoms with van der Waals surface area (Å²) < 4.78 is 0. The minimum absolute atomic E-state index is 0.00488. The monoisotopic (exact) mass is 255 g/mol. The molecule has 0 saturated carbocycles. The molecule has 0 aliphatic carbocycles. The highest BCUT2D eigenvalue weighted by molar-refractivity contribution is 5.61. The first-order valence-corrected chi connectivity index (χ1v) is 5.57. The van der Waals surface area contributed by atoms with Crippen LogP contribution in [0.4, 0.5) is 17.5 Å². The van der Waals surface area contributed by atoms with Crippen LogP contribution in [0.15, 0.2) is 0 Å². The summed E-state index contributed by atoms with van der Waals surface area (Å²) in [6.45, 7) is 3.38. The first-order chi connectivity index (χ1) is 8.49. The Balaban J connectivity index is 3.13. The van der Waals surface area contributed by atoms with E-state index in [0.717, 1.165) is 0 Å². The van der Waals surface area contributed by atoms with E-state index in [4.69, 9.17) is 5.11 Å². The van der Waals surface area contributed by atoms with Crippen molar-refractivity contribution >= 4 is 17.5 Å². The number of aromatic nitrogens is 2. The zero-order valence-corrected chi connectivity index (χ0v) is 10.6.